The van der Waals surface area contributed by atoms with Crippen molar-refractivity contribution >= 4 is 23.0 Å². The van der Waals surface area contributed by atoms with Crippen molar-refractivity contribution in [3.63, 3.8) is 0 Å². The van der Waals surface area contributed by atoms with E-state index in [9.17, 15) is 4.79 Å². The first-order valence-electron chi connectivity index (χ1n) is 6.41. The van der Waals surface area contributed by atoms with Crippen molar-refractivity contribution in [2.24, 2.45) is 11.0 Å². The smallest absolute Gasteiger partial charge is 0.246 e. The second-order valence-electron chi connectivity index (χ2n) is 4.82. The summed E-state index contributed by atoms with van der Waals surface area (Å²) in [5.74, 6) is 0.422. The molecule has 4 nitrogen and oxygen atoms in total. The van der Waals surface area contributed by atoms with Crippen LogP contribution in [0.3, 0.4) is 0 Å². The normalized spacial score (nSPS) is 22.1. The van der Waals surface area contributed by atoms with E-state index >= 15 is 0 Å². The lowest BCUT2D eigenvalue weighted by Gasteiger charge is -2.19. The number of rotatable bonds is 3. The van der Waals surface area contributed by atoms with Crippen LogP contribution in [0.15, 0.2) is 10.5 Å². The van der Waals surface area contributed by atoms with Crippen molar-refractivity contribution < 1.29 is 4.79 Å². The minimum Gasteiger partial charge on any atom is -0.273 e. The lowest BCUT2D eigenvalue weighted by atomic mass is 9.89. The molecular formula is C13H19N3OS. The summed E-state index contributed by atoms with van der Waals surface area (Å²) in [6, 6.07) is 0. The molecule has 5 heteroatoms. The second kappa shape index (κ2) is 6.09. The molecule has 1 N–H and O–H groups in total. The third-order valence-electron chi connectivity index (χ3n) is 3.22. The number of thiazole rings is 1. The predicted molar refractivity (Wildman–Crippen MR) is 73.8 cm³/mol. The highest BCUT2D eigenvalue weighted by atomic mass is 32.1. The monoisotopic (exact) mass is 265 g/mol. The van der Waals surface area contributed by atoms with Gasteiger partial charge in [-0.25, -0.2) is 10.4 Å². The van der Waals surface area contributed by atoms with Crippen LogP contribution in [0.4, 0.5) is 0 Å². The van der Waals surface area contributed by atoms with E-state index in [0.29, 0.717) is 12.3 Å². The first-order chi connectivity index (χ1) is 8.65. The molecule has 1 fully saturated rings. The first-order valence-corrected chi connectivity index (χ1v) is 7.29. The molecule has 18 heavy (non-hydrogen) atoms. The van der Waals surface area contributed by atoms with E-state index in [-0.39, 0.29) is 5.91 Å². The summed E-state index contributed by atoms with van der Waals surface area (Å²) < 4.78 is 0. The van der Waals surface area contributed by atoms with Crippen molar-refractivity contribution in [1.29, 1.82) is 0 Å². The van der Waals surface area contributed by atoms with E-state index in [2.05, 4.69) is 22.4 Å². The van der Waals surface area contributed by atoms with Crippen LogP contribution < -0.4 is 5.43 Å². The van der Waals surface area contributed by atoms with E-state index in [1.807, 2.05) is 12.3 Å². The van der Waals surface area contributed by atoms with Gasteiger partial charge in [0.1, 0.15) is 0 Å². The minimum atomic E-state index is -0.0782. The Morgan fingerprint density at radius 1 is 1.61 bits per heavy atom. The van der Waals surface area contributed by atoms with E-state index < -0.39 is 0 Å². The zero-order valence-electron chi connectivity index (χ0n) is 10.9. The highest BCUT2D eigenvalue weighted by Crippen LogP contribution is 2.20. The van der Waals surface area contributed by atoms with Gasteiger partial charge in [-0.1, -0.05) is 13.3 Å². The van der Waals surface area contributed by atoms with Gasteiger partial charge in [-0.05, 0) is 32.1 Å². The SMILES string of the molecule is Cc1nc(CC(=O)NN=C2CCCC[C@H]2C)cs1. The molecule has 0 saturated heterocycles. The number of hydrogen-bond acceptors (Lipinski definition) is 4. The maximum Gasteiger partial charge on any atom is 0.246 e. The van der Waals surface area contributed by atoms with Gasteiger partial charge in [0, 0.05) is 11.1 Å². The molecule has 0 bridgehead atoms. The maximum absolute atomic E-state index is 11.7. The molecular weight excluding hydrogens is 246 g/mol. The number of amides is 1. The van der Waals surface area contributed by atoms with Gasteiger partial charge in [-0.15, -0.1) is 11.3 Å². The number of carbonyl (C=O) groups is 1. The lowest BCUT2D eigenvalue weighted by molar-refractivity contribution is -0.120. The quantitative estimate of drug-likeness (QED) is 0.854. The third-order valence-corrected chi connectivity index (χ3v) is 4.04. The zero-order valence-corrected chi connectivity index (χ0v) is 11.7. The summed E-state index contributed by atoms with van der Waals surface area (Å²) in [4.78, 5) is 16.0. The summed E-state index contributed by atoms with van der Waals surface area (Å²) >= 11 is 1.57. The summed E-state index contributed by atoms with van der Waals surface area (Å²) in [6.45, 7) is 4.12. The maximum atomic E-state index is 11.7. The molecule has 98 valence electrons. The Morgan fingerprint density at radius 3 is 3.11 bits per heavy atom. The molecule has 1 saturated carbocycles. The molecule has 0 aromatic carbocycles. The first kappa shape index (κ1) is 13.2. The van der Waals surface area contributed by atoms with Gasteiger partial charge in [0.2, 0.25) is 5.91 Å². The Kier molecular flexibility index (Phi) is 4.47. The summed E-state index contributed by atoms with van der Waals surface area (Å²) in [7, 11) is 0. The van der Waals surface area contributed by atoms with Crippen LogP contribution in [0.5, 0.6) is 0 Å². The Morgan fingerprint density at radius 2 is 2.44 bits per heavy atom. The van der Waals surface area contributed by atoms with Crippen LogP contribution >= 0.6 is 11.3 Å². The number of hydrogen-bond donors (Lipinski definition) is 1. The fourth-order valence-corrected chi connectivity index (χ4v) is 2.78. The van der Waals surface area contributed by atoms with Crippen molar-refractivity contribution in [2.75, 3.05) is 0 Å². The number of nitrogens with one attached hydrogen (secondary N) is 1. The van der Waals surface area contributed by atoms with E-state index in [4.69, 9.17) is 0 Å². The molecule has 0 aliphatic heterocycles. The Bertz CT molecular complexity index is 453. The fraction of sp³-hybridized carbons (Fsp3) is 0.615. The zero-order chi connectivity index (χ0) is 13.0. The van der Waals surface area contributed by atoms with Crippen molar-refractivity contribution in [3.05, 3.63) is 16.1 Å². The number of hydrazone groups is 1. The van der Waals surface area contributed by atoms with Crippen LogP contribution in [-0.2, 0) is 11.2 Å². The van der Waals surface area contributed by atoms with Gasteiger partial charge in [0.05, 0.1) is 17.1 Å². The molecule has 0 spiro atoms. The molecule has 0 unspecified atom stereocenters. The van der Waals surface area contributed by atoms with Crippen molar-refractivity contribution in [1.82, 2.24) is 10.4 Å². The Labute approximate surface area is 112 Å². The van der Waals surface area contributed by atoms with Gasteiger partial charge in [0.25, 0.3) is 0 Å². The molecule has 0 radical (unpaired) electrons. The van der Waals surface area contributed by atoms with Crippen LogP contribution in [0.25, 0.3) is 0 Å². The summed E-state index contributed by atoms with van der Waals surface area (Å²) in [5.41, 5.74) is 4.61. The van der Waals surface area contributed by atoms with Crippen LogP contribution in [0.2, 0.25) is 0 Å². The van der Waals surface area contributed by atoms with Crippen molar-refractivity contribution in [3.8, 4) is 0 Å². The topological polar surface area (TPSA) is 54.4 Å². The predicted octanol–water partition coefficient (Wildman–Crippen LogP) is 2.68. The summed E-state index contributed by atoms with van der Waals surface area (Å²) in [6.07, 6.45) is 4.96. The van der Waals surface area contributed by atoms with Crippen LogP contribution in [0.1, 0.15) is 43.3 Å². The molecule has 1 amide bonds. The van der Waals surface area contributed by atoms with E-state index in [0.717, 1.165) is 22.8 Å². The Balaban J connectivity index is 1.85. The van der Waals surface area contributed by atoms with E-state index in [1.165, 1.54) is 19.3 Å². The fourth-order valence-electron chi connectivity index (χ4n) is 2.16. The largest absolute Gasteiger partial charge is 0.273 e. The van der Waals surface area contributed by atoms with Gasteiger partial charge >= 0.3 is 0 Å². The lowest BCUT2D eigenvalue weighted by Crippen LogP contribution is -2.25. The molecule has 1 heterocycles. The van der Waals surface area contributed by atoms with E-state index in [1.54, 1.807) is 11.3 Å². The standard InChI is InChI=1S/C13H19N3OS/c1-9-5-3-4-6-12(9)15-16-13(17)7-11-8-18-10(2)14-11/h8-9H,3-7H2,1-2H3,(H,16,17)/t9-/m1/s1. The van der Waals surface area contributed by atoms with Crippen molar-refractivity contribution in [2.45, 2.75) is 46.0 Å². The highest BCUT2D eigenvalue weighted by Gasteiger charge is 2.16. The average Bonchev–Trinajstić information content (AvgIpc) is 2.74. The second-order valence-corrected chi connectivity index (χ2v) is 5.88. The molecule has 2 rings (SSSR count). The van der Waals surface area contributed by atoms with Gasteiger partial charge in [-0.2, -0.15) is 5.10 Å². The number of aryl methyl sites for hydroxylation is 1. The number of aromatic nitrogens is 1. The molecule has 1 aromatic rings. The minimum absolute atomic E-state index is 0.0782. The molecule has 1 aliphatic carbocycles. The van der Waals surface area contributed by atoms with Gasteiger partial charge < -0.3 is 0 Å². The summed E-state index contributed by atoms with van der Waals surface area (Å²) in [5, 5.41) is 7.17. The Hall–Kier alpha value is -1.23. The van der Waals surface area contributed by atoms with Crippen LogP contribution in [0, 0.1) is 12.8 Å². The highest BCUT2D eigenvalue weighted by molar-refractivity contribution is 7.09. The van der Waals surface area contributed by atoms with Crippen LogP contribution in [-0.4, -0.2) is 16.6 Å². The number of carbonyl (C=O) groups excluding carboxylic acids is 1. The molecule has 1 aromatic heterocycles. The third kappa shape index (κ3) is 3.63. The van der Waals surface area contributed by atoms with Gasteiger partial charge in [0.15, 0.2) is 0 Å². The molecule has 1 atom stereocenters. The average molecular weight is 265 g/mol. The van der Waals surface area contributed by atoms with Gasteiger partial charge in [-0.3, -0.25) is 4.79 Å². The molecule has 1 aliphatic rings. The number of nitrogens with zero attached hydrogens (tertiary/aromatic N) is 2.